The van der Waals surface area contributed by atoms with Crippen molar-refractivity contribution in [2.45, 2.75) is 24.3 Å². The summed E-state index contributed by atoms with van der Waals surface area (Å²) in [5.74, 6) is -0.614. The molecule has 0 aromatic heterocycles. The third-order valence-corrected chi connectivity index (χ3v) is 5.88. The van der Waals surface area contributed by atoms with E-state index in [2.05, 4.69) is 4.74 Å². The number of carbonyl (C=O) groups is 1. The van der Waals surface area contributed by atoms with Crippen LogP contribution in [0.5, 0.6) is 0 Å². The number of aliphatic hydroxyl groups is 1. The molecule has 0 radical (unpaired) electrons. The zero-order valence-corrected chi connectivity index (χ0v) is 12.8. The molecule has 6 nitrogen and oxygen atoms in total. The van der Waals surface area contributed by atoms with E-state index in [-0.39, 0.29) is 23.0 Å². The van der Waals surface area contributed by atoms with Gasteiger partial charge in [-0.05, 0) is 24.5 Å². The lowest BCUT2D eigenvalue weighted by Crippen LogP contribution is -2.40. The van der Waals surface area contributed by atoms with Gasteiger partial charge >= 0.3 is 5.97 Å². The molecule has 0 aliphatic carbocycles. The Labute approximate surface area is 124 Å². The van der Waals surface area contributed by atoms with Gasteiger partial charge in [0.15, 0.2) is 0 Å². The van der Waals surface area contributed by atoms with Crippen LogP contribution < -0.4 is 0 Å². The van der Waals surface area contributed by atoms with Crippen molar-refractivity contribution in [3.63, 3.8) is 0 Å². The molecule has 2 rings (SSSR count). The molecule has 0 saturated carbocycles. The third-order valence-electron chi connectivity index (χ3n) is 3.90. The molecule has 1 fully saturated rings. The lowest BCUT2D eigenvalue weighted by atomic mass is 10.0. The van der Waals surface area contributed by atoms with Crippen molar-refractivity contribution in [1.82, 2.24) is 4.31 Å². The monoisotopic (exact) mass is 313 g/mol. The second-order valence-corrected chi connectivity index (χ2v) is 6.98. The van der Waals surface area contributed by atoms with Crippen LogP contribution in [0.2, 0.25) is 0 Å². The normalized spacial score (nSPS) is 23.2. The quantitative estimate of drug-likeness (QED) is 0.834. The van der Waals surface area contributed by atoms with Crippen molar-refractivity contribution in [2.24, 2.45) is 5.92 Å². The number of ether oxygens (including phenoxy) is 1. The van der Waals surface area contributed by atoms with E-state index in [9.17, 15) is 18.3 Å². The molecule has 1 heterocycles. The molecule has 21 heavy (non-hydrogen) atoms. The van der Waals surface area contributed by atoms with Crippen LogP contribution in [0, 0.1) is 5.92 Å². The third kappa shape index (κ3) is 2.81. The Balaban J connectivity index is 2.48. The number of rotatable bonds is 4. The standard InChI is InChI=1S/C14H19NO5S/c1-10-7-8-15(12(10)9-16)21(18,19)13-6-4-3-5-11(13)14(17)20-2/h3-6,10,12,16H,7-9H2,1-2H3. The predicted octanol–water partition coefficient (Wildman–Crippen LogP) is 0.865. The fourth-order valence-corrected chi connectivity index (χ4v) is 4.55. The molecule has 1 aliphatic rings. The van der Waals surface area contributed by atoms with Gasteiger partial charge in [0.25, 0.3) is 0 Å². The molecule has 2 atom stereocenters. The van der Waals surface area contributed by atoms with E-state index in [1.807, 2.05) is 6.92 Å². The summed E-state index contributed by atoms with van der Waals surface area (Å²) < 4.78 is 31.5. The minimum absolute atomic E-state index is 0.0104. The molecule has 2 unspecified atom stereocenters. The van der Waals surface area contributed by atoms with Crippen LogP contribution in [-0.4, -0.2) is 50.1 Å². The van der Waals surface area contributed by atoms with E-state index in [4.69, 9.17) is 0 Å². The van der Waals surface area contributed by atoms with E-state index in [1.165, 1.54) is 23.5 Å². The summed E-state index contributed by atoms with van der Waals surface area (Å²) in [6.07, 6.45) is 0.685. The van der Waals surface area contributed by atoms with Crippen LogP contribution in [0.4, 0.5) is 0 Å². The summed E-state index contributed by atoms with van der Waals surface area (Å²) >= 11 is 0. The van der Waals surface area contributed by atoms with Crippen molar-refractivity contribution >= 4 is 16.0 Å². The number of sulfonamides is 1. The number of carbonyl (C=O) groups excluding carboxylic acids is 1. The summed E-state index contributed by atoms with van der Waals surface area (Å²) in [7, 11) is -2.64. The number of hydrogen-bond donors (Lipinski definition) is 1. The van der Waals surface area contributed by atoms with Gasteiger partial charge in [0.2, 0.25) is 10.0 Å². The maximum Gasteiger partial charge on any atom is 0.339 e. The summed E-state index contributed by atoms with van der Waals surface area (Å²) in [4.78, 5) is 11.7. The van der Waals surface area contributed by atoms with Gasteiger partial charge in [-0.3, -0.25) is 0 Å². The molecular weight excluding hydrogens is 294 g/mol. The van der Waals surface area contributed by atoms with Gasteiger partial charge in [-0.1, -0.05) is 19.1 Å². The Morgan fingerprint density at radius 3 is 2.71 bits per heavy atom. The van der Waals surface area contributed by atoms with Gasteiger partial charge in [-0.2, -0.15) is 4.31 Å². The Morgan fingerprint density at radius 2 is 2.10 bits per heavy atom. The van der Waals surface area contributed by atoms with Crippen molar-refractivity contribution in [2.75, 3.05) is 20.3 Å². The smallest absolute Gasteiger partial charge is 0.339 e. The van der Waals surface area contributed by atoms with Crippen molar-refractivity contribution < 1.29 is 23.1 Å². The first-order valence-electron chi connectivity index (χ1n) is 6.73. The zero-order chi connectivity index (χ0) is 15.6. The molecule has 0 amide bonds. The molecular formula is C14H19NO5S. The van der Waals surface area contributed by atoms with Crippen molar-refractivity contribution in [3.05, 3.63) is 29.8 Å². The number of esters is 1. The predicted molar refractivity (Wildman–Crippen MR) is 76.3 cm³/mol. The summed E-state index contributed by atoms with van der Waals surface area (Å²) in [6.45, 7) is 2.01. The molecule has 1 N–H and O–H groups in total. The van der Waals surface area contributed by atoms with Crippen molar-refractivity contribution in [1.29, 1.82) is 0 Å². The highest BCUT2D eigenvalue weighted by Crippen LogP contribution is 2.31. The summed E-state index contributed by atoms with van der Waals surface area (Å²) in [6, 6.07) is 5.50. The topological polar surface area (TPSA) is 83.9 Å². The van der Waals surface area contributed by atoms with E-state index in [1.54, 1.807) is 12.1 Å². The van der Waals surface area contributed by atoms with E-state index >= 15 is 0 Å². The number of nitrogens with zero attached hydrogens (tertiary/aromatic N) is 1. The molecule has 1 aromatic rings. The minimum Gasteiger partial charge on any atom is -0.465 e. The largest absolute Gasteiger partial charge is 0.465 e. The van der Waals surface area contributed by atoms with Gasteiger partial charge < -0.3 is 9.84 Å². The average Bonchev–Trinajstić information content (AvgIpc) is 2.88. The molecule has 0 bridgehead atoms. The van der Waals surface area contributed by atoms with Gasteiger partial charge in [0.1, 0.15) is 0 Å². The van der Waals surface area contributed by atoms with Gasteiger partial charge in [-0.15, -0.1) is 0 Å². The van der Waals surface area contributed by atoms with E-state index in [0.717, 1.165) is 0 Å². The van der Waals surface area contributed by atoms with Crippen LogP contribution in [0.3, 0.4) is 0 Å². The maximum atomic E-state index is 12.8. The average molecular weight is 313 g/mol. The lowest BCUT2D eigenvalue weighted by Gasteiger charge is -2.25. The first-order chi connectivity index (χ1) is 9.93. The maximum absolute atomic E-state index is 12.8. The Hall–Kier alpha value is -1.44. The SMILES string of the molecule is COC(=O)c1ccccc1S(=O)(=O)N1CCC(C)C1CO. The Kier molecular flexibility index (Phi) is 4.65. The van der Waals surface area contributed by atoms with Crippen LogP contribution in [0.1, 0.15) is 23.7 Å². The fraction of sp³-hybridized carbons (Fsp3) is 0.500. The van der Waals surface area contributed by atoms with Crippen molar-refractivity contribution in [3.8, 4) is 0 Å². The number of aliphatic hydroxyl groups excluding tert-OH is 1. The molecule has 0 spiro atoms. The summed E-state index contributed by atoms with van der Waals surface area (Å²) in [5, 5.41) is 9.44. The van der Waals surface area contributed by atoms with Crippen LogP contribution >= 0.6 is 0 Å². The fourth-order valence-electron chi connectivity index (χ4n) is 2.64. The van der Waals surface area contributed by atoms with Crippen LogP contribution in [0.25, 0.3) is 0 Å². The minimum atomic E-state index is -3.85. The highest BCUT2D eigenvalue weighted by atomic mass is 32.2. The summed E-state index contributed by atoms with van der Waals surface area (Å²) in [5.41, 5.74) is 0.0104. The lowest BCUT2D eigenvalue weighted by molar-refractivity contribution is 0.0596. The first kappa shape index (κ1) is 15.9. The van der Waals surface area contributed by atoms with Crippen LogP contribution in [-0.2, 0) is 14.8 Å². The Morgan fingerprint density at radius 1 is 1.43 bits per heavy atom. The number of benzene rings is 1. The van der Waals surface area contributed by atoms with Gasteiger partial charge in [0, 0.05) is 6.54 Å². The first-order valence-corrected chi connectivity index (χ1v) is 8.17. The zero-order valence-electron chi connectivity index (χ0n) is 12.0. The molecule has 1 saturated heterocycles. The van der Waals surface area contributed by atoms with Gasteiger partial charge in [0.05, 0.1) is 30.2 Å². The van der Waals surface area contributed by atoms with Gasteiger partial charge in [-0.25, -0.2) is 13.2 Å². The highest BCUT2D eigenvalue weighted by Gasteiger charge is 2.40. The number of hydrogen-bond acceptors (Lipinski definition) is 5. The van der Waals surface area contributed by atoms with Crippen LogP contribution in [0.15, 0.2) is 29.2 Å². The molecule has 1 aromatic carbocycles. The molecule has 116 valence electrons. The molecule has 7 heteroatoms. The second kappa shape index (κ2) is 6.13. The number of methoxy groups -OCH3 is 1. The Bertz CT molecular complexity index is 628. The highest BCUT2D eigenvalue weighted by molar-refractivity contribution is 7.89. The van der Waals surface area contributed by atoms with E-state index in [0.29, 0.717) is 13.0 Å². The molecule has 1 aliphatic heterocycles. The van der Waals surface area contributed by atoms with E-state index < -0.39 is 22.0 Å². The second-order valence-electron chi connectivity index (χ2n) is 5.12.